The van der Waals surface area contributed by atoms with Crippen molar-refractivity contribution in [2.24, 2.45) is 0 Å². The van der Waals surface area contributed by atoms with Crippen molar-refractivity contribution in [2.45, 2.75) is 6.42 Å². The highest BCUT2D eigenvalue weighted by molar-refractivity contribution is 5.93. The van der Waals surface area contributed by atoms with Gasteiger partial charge >= 0.3 is 0 Å². The summed E-state index contributed by atoms with van der Waals surface area (Å²) < 4.78 is 15.0. The summed E-state index contributed by atoms with van der Waals surface area (Å²) in [6.07, 6.45) is 3.00. The largest absolute Gasteiger partial charge is 0.493 e. The topological polar surface area (TPSA) is 104 Å². The van der Waals surface area contributed by atoms with Crippen LogP contribution in [0.25, 0.3) is 0 Å². The van der Waals surface area contributed by atoms with Crippen molar-refractivity contribution < 1.29 is 23.6 Å². The number of nitrogens with zero attached hydrogens (tertiary/aromatic N) is 1. The van der Waals surface area contributed by atoms with Gasteiger partial charge in [-0.2, -0.15) is 0 Å². The second-order valence-corrected chi connectivity index (χ2v) is 4.61. The first kappa shape index (κ1) is 16.3. The highest BCUT2D eigenvalue weighted by Gasteiger charge is 2.19. The van der Waals surface area contributed by atoms with Gasteiger partial charge in [0.2, 0.25) is 0 Å². The maximum Gasteiger partial charge on any atom is 0.276 e. The van der Waals surface area contributed by atoms with Gasteiger partial charge in [-0.15, -0.1) is 0 Å². The Hall–Kier alpha value is -3.03. The number of methoxy groups -OCH3 is 2. The van der Waals surface area contributed by atoms with Gasteiger partial charge in [0, 0.05) is 12.1 Å². The molecule has 1 N–H and O–H groups in total. The zero-order chi connectivity index (χ0) is 16.8. The molecule has 1 aromatic carbocycles. The lowest BCUT2D eigenvalue weighted by atomic mass is 10.1. The molecule has 0 saturated carbocycles. The molecule has 0 spiro atoms. The number of nitrogens with one attached hydrogen (secondary N) is 1. The Labute approximate surface area is 132 Å². The summed E-state index contributed by atoms with van der Waals surface area (Å²) in [6.45, 7) is 0.236. The van der Waals surface area contributed by atoms with Crippen molar-refractivity contribution in [2.75, 3.05) is 20.8 Å². The molecular formula is C15H16N2O6. The fraction of sp³-hybridized carbons (Fsp3) is 0.267. The number of hydrogen-bond donors (Lipinski definition) is 1. The number of nitro benzene ring substituents is 1. The minimum absolute atomic E-state index is 0.0831. The minimum Gasteiger partial charge on any atom is -0.493 e. The predicted molar refractivity (Wildman–Crippen MR) is 80.9 cm³/mol. The highest BCUT2D eigenvalue weighted by atomic mass is 16.6. The zero-order valence-electron chi connectivity index (χ0n) is 12.7. The fourth-order valence-electron chi connectivity index (χ4n) is 2.09. The Balaban J connectivity index is 2.11. The third-order valence-corrected chi connectivity index (χ3v) is 3.24. The third-order valence-electron chi connectivity index (χ3n) is 3.24. The molecule has 0 fully saturated rings. The Bertz CT molecular complexity index is 696. The molecule has 0 unspecified atom stereocenters. The van der Waals surface area contributed by atoms with Gasteiger partial charge in [-0.1, -0.05) is 0 Å². The smallest absolute Gasteiger partial charge is 0.276 e. The van der Waals surface area contributed by atoms with Crippen LogP contribution >= 0.6 is 0 Å². The molecule has 1 amide bonds. The second-order valence-electron chi connectivity index (χ2n) is 4.61. The molecule has 0 aliphatic carbocycles. The number of carbonyl (C=O) groups is 1. The summed E-state index contributed by atoms with van der Waals surface area (Å²) in [5, 5.41) is 13.9. The van der Waals surface area contributed by atoms with Crippen LogP contribution in [0.2, 0.25) is 0 Å². The number of benzene rings is 1. The van der Waals surface area contributed by atoms with E-state index in [4.69, 9.17) is 13.9 Å². The fourth-order valence-corrected chi connectivity index (χ4v) is 2.09. The van der Waals surface area contributed by atoms with Crippen LogP contribution < -0.4 is 14.8 Å². The van der Waals surface area contributed by atoms with Crippen LogP contribution in [0.3, 0.4) is 0 Å². The summed E-state index contributed by atoms with van der Waals surface area (Å²) in [7, 11) is 2.86. The summed E-state index contributed by atoms with van der Waals surface area (Å²) in [6, 6.07) is 4.39. The van der Waals surface area contributed by atoms with Gasteiger partial charge in [-0.3, -0.25) is 14.9 Å². The number of nitro groups is 1. The van der Waals surface area contributed by atoms with E-state index in [1.54, 1.807) is 6.07 Å². The van der Waals surface area contributed by atoms with Gasteiger partial charge in [-0.05, 0) is 18.6 Å². The number of amides is 1. The summed E-state index contributed by atoms with van der Waals surface area (Å²) in [5.41, 5.74) is 0.757. The first-order chi connectivity index (χ1) is 11.1. The highest BCUT2D eigenvalue weighted by Crippen LogP contribution is 2.34. The van der Waals surface area contributed by atoms with E-state index in [2.05, 4.69) is 5.32 Å². The van der Waals surface area contributed by atoms with Crippen molar-refractivity contribution in [3.05, 3.63) is 52.0 Å². The molecule has 0 saturated heterocycles. The standard InChI is InChI=1S/C15H16N2O6/c1-21-13-7-10(12(17(19)20)8-14(13)22-2)3-5-16-15(18)11-4-6-23-9-11/h4,6-9H,3,5H2,1-2H3,(H,16,18). The van der Waals surface area contributed by atoms with E-state index in [0.29, 0.717) is 16.9 Å². The van der Waals surface area contributed by atoms with Gasteiger partial charge in [0.25, 0.3) is 11.6 Å². The summed E-state index contributed by atoms with van der Waals surface area (Å²) >= 11 is 0. The van der Waals surface area contributed by atoms with E-state index in [9.17, 15) is 14.9 Å². The van der Waals surface area contributed by atoms with Crippen LogP contribution in [0.15, 0.2) is 35.1 Å². The van der Waals surface area contributed by atoms with Crippen molar-refractivity contribution in [1.29, 1.82) is 0 Å². The van der Waals surface area contributed by atoms with Crippen LogP contribution in [0.5, 0.6) is 11.5 Å². The lowest BCUT2D eigenvalue weighted by molar-refractivity contribution is -0.385. The molecule has 0 bridgehead atoms. The SMILES string of the molecule is COc1cc(CCNC(=O)c2ccoc2)c([N+](=O)[O-])cc1OC. The van der Waals surface area contributed by atoms with Gasteiger partial charge < -0.3 is 19.2 Å². The molecule has 122 valence electrons. The minimum atomic E-state index is -0.491. The molecule has 8 heteroatoms. The number of carbonyl (C=O) groups excluding carboxylic acids is 1. The second kappa shape index (κ2) is 7.30. The van der Waals surface area contributed by atoms with Gasteiger partial charge in [0.05, 0.1) is 37.0 Å². The van der Waals surface area contributed by atoms with Crippen molar-refractivity contribution >= 4 is 11.6 Å². The van der Waals surface area contributed by atoms with Crippen LogP contribution in [0.4, 0.5) is 5.69 Å². The molecule has 8 nitrogen and oxygen atoms in total. The first-order valence-electron chi connectivity index (χ1n) is 6.76. The van der Waals surface area contributed by atoms with Crippen molar-refractivity contribution in [1.82, 2.24) is 5.32 Å². The van der Waals surface area contributed by atoms with Crippen molar-refractivity contribution in [3.8, 4) is 11.5 Å². The average molecular weight is 320 g/mol. The quantitative estimate of drug-likeness (QED) is 0.619. The number of hydrogen-bond acceptors (Lipinski definition) is 6. The Morgan fingerprint density at radius 1 is 1.30 bits per heavy atom. The molecule has 2 aromatic rings. The molecule has 1 aromatic heterocycles. The van der Waals surface area contributed by atoms with Crippen LogP contribution in [0, 0.1) is 10.1 Å². The molecule has 0 aliphatic rings. The Kier molecular flexibility index (Phi) is 5.19. The maximum atomic E-state index is 11.8. The normalized spacial score (nSPS) is 10.2. The molecule has 23 heavy (non-hydrogen) atoms. The Morgan fingerprint density at radius 3 is 2.57 bits per heavy atom. The van der Waals surface area contributed by atoms with E-state index < -0.39 is 4.92 Å². The lowest BCUT2D eigenvalue weighted by Gasteiger charge is -2.11. The van der Waals surface area contributed by atoms with E-state index in [1.807, 2.05) is 0 Å². The molecule has 0 atom stereocenters. The summed E-state index contributed by atoms with van der Waals surface area (Å²) in [4.78, 5) is 22.5. The Morgan fingerprint density at radius 2 is 2.00 bits per heavy atom. The molecule has 0 aliphatic heterocycles. The number of rotatable bonds is 7. The average Bonchev–Trinajstić information content (AvgIpc) is 3.08. The molecule has 1 heterocycles. The van der Waals surface area contributed by atoms with Crippen LogP contribution in [0.1, 0.15) is 15.9 Å². The van der Waals surface area contributed by atoms with E-state index in [-0.39, 0.29) is 30.3 Å². The zero-order valence-corrected chi connectivity index (χ0v) is 12.7. The summed E-state index contributed by atoms with van der Waals surface area (Å²) in [5.74, 6) is 0.376. The van der Waals surface area contributed by atoms with E-state index >= 15 is 0 Å². The molecule has 2 rings (SSSR count). The number of ether oxygens (including phenoxy) is 2. The van der Waals surface area contributed by atoms with Crippen LogP contribution in [-0.4, -0.2) is 31.6 Å². The van der Waals surface area contributed by atoms with Crippen LogP contribution in [-0.2, 0) is 6.42 Å². The van der Waals surface area contributed by atoms with Gasteiger partial charge in [0.15, 0.2) is 11.5 Å². The van der Waals surface area contributed by atoms with E-state index in [1.165, 1.54) is 38.9 Å². The molecule has 0 radical (unpaired) electrons. The lowest BCUT2D eigenvalue weighted by Crippen LogP contribution is -2.25. The van der Waals surface area contributed by atoms with Crippen molar-refractivity contribution in [3.63, 3.8) is 0 Å². The monoisotopic (exact) mass is 320 g/mol. The van der Waals surface area contributed by atoms with E-state index in [0.717, 1.165) is 0 Å². The van der Waals surface area contributed by atoms with Gasteiger partial charge in [-0.25, -0.2) is 0 Å². The first-order valence-corrected chi connectivity index (χ1v) is 6.76. The predicted octanol–water partition coefficient (Wildman–Crippen LogP) is 2.18. The maximum absolute atomic E-state index is 11.8. The number of furan rings is 1. The third kappa shape index (κ3) is 3.79. The van der Waals surface area contributed by atoms with Gasteiger partial charge in [0.1, 0.15) is 6.26 Å². The molecular weight excluding hydrogens is 304 g/mol.